The molecule has 2 saturated heterocycles. The van der Waals surface area contributed by atoms with Crippen molar-refractivity contribution in [3.05, 3.63) is 39.4 Å². The molecule has 12 nitrogen and oxygen atoms in total. The maximum absolute atomic E-state index is 6.25. The zero-order chi connectivity index (χ0) is 23.4. The standard InChI is InChI=1S/C10H24N6.6CN.Cr.Cu/c11-1-3-13-7-15-5-6-16(8-13)10-14(9-15)4-2-12;6*1-2;;/h1-12H2;;;;;;;;/q;6*-1;+6;. The Morgan fingerprint density at radius 3 is 0.900 bits per heavy atom. The Balaban J connectivity index is -0.0000000657. The van der Waals surface area contributed by atoms with Crippen molar-refractivity contribution in [2.24, 2.45) is 11.5 Å². The maximum Gasteiger partial charge on any atom is 6.00 e. The van der Waals surface area contributed by atoms with E-state index in [0.717, 1.165) is 65.9 Å². The van der Waals surface area contributed by atoms with Gasteiger partial charge in [-0.1, -0.05) is 0 Å². The summed E-state index contributed by atoms with van der Waals surface area (Å²) < 4.78 is 0. The van der Waals surface area contributed by atoms with Gasteiger partial charge in [-0.25, -0.2) is 0 Å². The summed E-state index contributed by atoms with van der Waals surface area (Å²) in [5.74, 6) is 0. The van der Waals surface area contributed by atoms with Crippen LogP contribution in [0.2, 0.25) is 0 Å². The smallest absolute Gasteiger partial charge is 0.512 e. The van der Waals surface area contributed by atoms with Gasteiger partial charge in [-0.3, -0.25) is 19.6 Å². The summed E-state index contributed by atoms with van der Waals surface area (Å²) in [7, 11) is 0. The van der Waals surface area contributed by atoms with Crippen LogP contribution in [-0.4, -0.2) is 85.5 Å². The van der Waals surface area contributed by atoms with Crippen LogP contribution in [0.3, 0.4) is 0 Å². The van der Waals surface area contributed by atoms with Crippen LogP contribution in [0.4, 0.5) is 0 Å². The average Bonchev–Trinajstić information content (AvgIpc) is 3.09. The van der Waals surface area contributed by atoms with Gasteiger partial charge in [0.15, 0.2) is 0 Å². The molecule has 0 spiro atoms. The van der Waals surface area contributed by atoms with Crippen LogP contribution in [-0.2, 0) is 34.4 Å². The van der Waals surface area contributed by atoms with Crippen molar-refractivity contribution in [2.75, 3.05) is 65.9 Å². The summed E-state index contributed by atoms with van der Waals surface area (Å²) >= 11 is 0. The topological polar surface area (TPSA) is 208 Å². The molecule has 2 heterocycles. The van der Waals surface area contributed by atoms with Crippen molar-refractivity contribution >= 4 is 0 Å². The molecule has 0 aromatic rings. The first-order valence-corrected chi connectivity index (χ1v) is 7.45. The van der Waals surface area contributed by atoms with Gasteiger partial charge in [-0.15, -0.1) is 0 Å². The Hall–Kier alpha value is -2.25. The second-order valence-electron chi connectivity index (χ2n) is 4.72. The predicted octanol–water partition coefficient (Wildman–Crippen LogP) is -1.46. The number of nitrogens with zero attached hydrogens (tertiary/aromatic N) is 10. The summed E-state index contributed by atoms with van der Waals surface area (Å²) in [6.07, 6.45) is 0. The fourth-order valence-corrected chi connectivity index (χ4v) is 2.52. The third-order valence-corrected chi connectivity index (χ3v) is 3.22. The van der Waals surface area contributed by atoms with Crippen molar-refractivity contribution in [1.82, 2.24) is 19.6 Å². The second-order valence-corrected chi connectivity index (χ2v) is 4.72. The molecule has 30 heavy (non-hydrogen) atoms. The van der Waals surface area contributed by atoms with E-state index in [1.54, 1.807) is 0 Å². The Kier molecular flexibility index (Phi) is 69.9. The van der Waals surface area contributed by atoms with Crippen molar-refractivity contribution in [3.63, 3.8) is 0 Å². The number of hydrogen-bond acceptors (Lipinski definition) is 12. The summed E-state index contributed by atoms with van der Waals surface area (Å²) in [4.78, 5) is 9.82. The summed E-state index contributed by atoms with van der Waals surface area (Å²) in [5, 5.41) is 37.5. The van der Waals surface area contributed by atoms with E-state index in [1.807, 2.05) is 0 Å². The van der Waals surface area contributed by atoms with Crippen LogP contribution in [0.15, 0.2) is 0 Å². The van der Waals surface area contributed by atoms with Gasteiger partial charge >= 0.3 is 17.4 Å². The first-order chi connectivity index (χ1) is 13.8. The molecule has 0 saturated carbocycles. The molecule has 2 fully saturated rings. The van der Waals surface area contributed by atoms with E-state index >= 15 is 0 Å². The Labute approximate surface area is 202 Å². The number of rotatable bonds is 4. The van der Waals surface area contributed by atoms with Crippen molar-refractivity contribution in [2.45, 2.75) is 0 Å². The summed E-state index contributed by atoms with van der Waals surface area (Å²) in [6, 6.07) is 0. The van der Waals surface area contributed by atoms with Gasteiger partial charge in [0, 0.05) is 56.3 Å². The molecule has 0 amide bonds. The van der Waals surface area contributed by atoms with Gasteiger partial charge in [0.1, 0.15) is 0 Å². The van der Waals surface area contributed by atoms with Crippen LogP contribution in [0, 0.1) is 71.0 Å². The Bertz CT molecular complexity index is 357. The molecule has 0 atom stereocenters. The zero-order valence-electron chi connectivity index (χ0n) is 16.4. The van der Waals surface area contributed by atoms with Gasteiger partial charge < -0.3 is 82.5 Å². The minimum absolute atomic E-state index is 0. The van der Waals surface area contributed by atoms with Crippen LogP contribution in [0.25, 0.3) is 0 Å². The Morgan fingerprint density at radius 2 is 0.733 bits per heavy atom. The van der Waals surface area contributed by atoms with E-state index in [9.17, 15) is 0 Å². The van der Waals surface area contributed by atoms with Gasteiger partial charge in [0.05, 0.1) is 26.7 Å². The average molecular weight is 500 g/mol. The zero-order valence-corrected chi connectivity index (χ0v) is 18.6. The van der Waals surface area contributed by atoms with Crippen LogP contribution >= 0.6 is 0 Å². The molecule has 1 radical (unpaired) electrons. The number of nitrogens with two attached hydrogens (primary N) is 2. The predicted molar refractivity (Wildman–Crippen MR) is 94.2 cm³/mol. The minimum atomic E-state index is 0. The molecule has 2 aliphatic heterocycles. The largest absolute Gasteiger partial charge is 6.00 e. The maximum atomic E-state index is 6.25. The third kappa shape index (κ3) is 25.8. The fraction of sp³-hybridized carbons (Fsp3) is 0.625. The van der Waals surface area contributed by atoms with Gasteiger partial charge in [0.2, 0.25) is 0 Å². The molecule has 2 aliphatic rings. The van der Waals surface area contributed by atoms with E-state index in [2.05, 4.69) is 19.6 Å². The van der Waals surface area contributed by atoms with Crippen molar-refractivity contribution < 1.29 is 34.4 Å². The molecule has 0 aromatic heterocycles. The van der Waals surface area contributed by atoms with Gasteiger partial charge in [0.25, 0.3) is 0 Å². The molecule has 4 N–H and O–H groups in total. The molecule has 2 rings (SSSR count). The quantitative estimate of drug-likeness (QED) is 0.336. The van der Waals surface area contributed by atoms with E-state index in [4.69, 9.17) is 82.5 Å². The molecule has 14 heteroatoms. The first kappa shape index (κ1) is 46.1. The molecule has 0 aliphatic carbocycles. The molecule has 165 valence electrons. The fourth-order valence-electron chi connectivity index (χ4n) is 2.52. The van der Waals surface area contributed by atoms with Crippen LogP contribution in [0.1, 0.15) is 0 Å². The van der Waals surface area contributed by atoms with Crippen LogP contribution < -0.4 is 11.5 Å². The first-order valence-electron chi connectivity index (χ1n) is 7.45. The SMILES string of the molecule is NCCN1CN2CCN(C1)CN(CCN)C2.[C-]#N.[C-]#N.[C-]#N.[C-]#N.[C-]#N.[C-]#N.[Cr+6].[Cu]. The Morgan fingerprint density at radius 1 is 0.533 bits per heavy atom. The normalized spacial score (nSPS) is 17.8. The summed E-state index contributed by atoms with van der Waals surface area (Å²) in [6.45, 7) is 38.4. The molecule has 0 unspecified atom stereocenters. The third-order valence-electron chi connectivity index (χ3n) is 3.22. The number of fused-ring (bicyclic) bond motifs is 3. The van der Waals surface area contributed by atoms with Gasteiger partial charge in [-0.05, 0) is 0 Å². The van der Waals surface area contributed by atoms with Crippen molar-refractivity contribution in [1.29, 1.82) is 31.6 Å². The second kappa shape index (κ2) is 45.5. The van der Waals surface area contributed by atoms with Crippen molar-refractivity contribution in [3.8, 4) is 0 Å². The van der Waals surface area contributed by atoms with Gasteiger partial charge in [-0.2, -0.15) is 0 Å². The minimum Gasteiger partial charge on any atom is -0.512 e. The van der Waals surface area contributed by atoms with Crippen LogP contribution in [0.5, 0.6) is 0 Å². The molecular formula is C16H24CrCuN12. The molecule has 2 bridgehead atoms. The molecule has 0 aromatic carbocycles. The van der Waals surface area contributed by atoms with E-state index in [1.165, 1.54) is 0 Å². The summed E-state index contributed by atoms with van der Waals surface area (Å²) in [5.41, 5.74) is 11.3. The molecular weight excluding hydrogens is 476 g/mol. The van der Waals surface area contributed by atoms with E-state index < -0.39 is 0 Å². The van der Waals surface area contributed by atoms with E-state index in [0.29, 0.717) is 0 Å². The number of hydrogen-bond donors (Lipinski definition) is 2. The van der Waals surface area contributed by atoms with E-state index in [-0.39, 0.29) is 34.4 Å². The monoisotopic (exact) mass is 499 g/mol.